The van der Waals surface area contributed by atoms with E-state index >= 15 is 0 Å². The molecule has 2 aromatic carbocycles. The van der Waals surface area contributed by atoms with Crippen LogP contribution in [0.25, 0.3) is 10.9 Å². The van der Waals surface area contributed by atoms with Gasteiger partial charge in [-0.3, -0.25) is 9.82 Å². The van der Waals surface area contributed by atoms with Crippen LogP contribution in [0.4, 0.5) is 10.2 Å². The van der Waals surface area contributed by atoms with E-state index in [9.17, 15) is 12.8 Å². The molecule has 1 heterocycles. The Balaban J connectivity index is 2.01. The Hall–Kier alpha value is -2.92. The molecule has 3 aromatic rings. The molecule has 2 N–H and O–H groups in total. The standard InChI is InChI=1S/C14H9FN4O2S/c15-11-2-1-3-12-13(11)14(18-17-12)19-22(20,21)10-6-4-9(8-16)5-7-10/h1-7H,(H2,17,18,19). The van der Waals surface area contributed by atoms with Crippen molar-refractivity contribution in [2.45, 2.75) is 4.90 Å². The lowest BCUT2D eigenvalue weighted by atomic mass is 10.2. The Morgan fingerprint density at radius 2 is 1.91 bits per heavy atom. The lowest BCUT2D eigenvalue weighted by Crippen LogP contribution is -2.13. The summed E-state index contributed by atoms with van der Waals surface area (Å²) < 4.78 is 40.6. The number of rotatable bonds is 3. The fraction of sp³-hybridized carbons (Fsp3) is 0. The number of H-pyrrole nitrogens is 1. The van der Waals surface area contributed by atoms with Gasteiger partial charge >= 0.3 is 0 Å². The highest BCUT2D eigenvalue weighted by molar-refractivity contribution is 7.92. The van der Waals surface area contributed by atoms with Gasteiger partial charge in [-0.2, -0.15) is 10.4 Å². The zero-order chi connectivity index (χ0) is 15.7. The quantitative estimate of drug-likeness (QED) is 0.775. The van der Waals surface area contributed by atoms with Gasteiger partial charge in [0.1, 0.15) is 5.82 Å². The van der Waals surface area contributed by atoms with Crippen LogP contribution < -0.4 is 4.72 Å². The molecule has 0 atom stereocenters. The van der Waals surface area contributed by atoms with E-state index in [0.717, 1.165) is 0 Å². The van der Waals surface area contributed by atoms with Gasteiger partial charge in [-0.25, -0.2) is 12.8 Å². The molecule has 110 valence electrons. The average molecular weight is 316 g/mol. The van der Waals surface area contributed by atoms with E-state index in [1.807, 2.05) is 6.07 Å². The summed E-state index contributed by atoms with van der Waals surface area (Å²) in [5, 5.41) is 15.1. The van der Waals surface area contributed by atoms with Crippen LogP contribution in [0, 0.1) is 17.1 Å². The molecule has 0 radical (unpaired) electrons. The molecule has 0 amide bonds. The summed E-state index contributed by atoms with van der Waals surface area (Å²) in [6.45, 7) is 0. The van der Waals surface area contributed by atoms with Gasteiger partial charge in [0, 0.05) is 0 Å². The van der Waals surface area contributed by atoms with E-state index in [1.54, 1.807) is 6.07 Å². The number of nitriles is 1. The Bertz CT molecular complexity index is 988. The highest BCUT2D eigenvalue weighted by atomic mass is 32.2. The highest BCUT2D eigenvalue weighted by Gasteiger charge is 2.19. The van der Waals surface area contributed by atoms with Crippen LogP contribution in [0.2, 0.25) is 0 Å². The van der Waals surface area contributed by atoms with Gasteiger partial charge in [0.2, 0.25) is 0 Å². The van der Waals surface area contributed by atoms with Crippen LogP contribution in [0.15, 0.2) is 47.4 Å². The Morgan fingerprint density at radius 3 is 2.59 bits per heavy atom. The normalized spacial score (nSPS) is 11.3. The van der Waals surface area contributed by atoms with E-state index < -0.39 is 15.8 Å². The minimum absolute atomic E-state index is 0.0426. The summed E-state index contributed by atoms with van der Waals surface area (Å²) in [4.78, 5) is -0.0426. The predicted octanol–water partition coefficient (Wildman–Crippen LogP) is 2.37. The van der Waals surface area contributed by atoms with Gasteiger partial charge < -0.3 is 0 Å². The first-order valence-electron chi connectivity index (χ1n) is 6.17. The monoisotopic (exact) mass is 316 g/mol. The molecule has 0 bridgehead atoms. The second-order valence-electron chi connectivity index (χ2n) is 4.48. The largest absolute Gasteiger partial charge is 0.276 e. The summed E-state index contributed by atoms with van der Waals surface area (Å²) in [5.74, 6) is -0.693. The molecule has 0 unspecified atom stereocenters. The first-order valence-corrected chi connectivity index (χ1v) is 7.65. The molecule has 0 aliphatic carbocycles. The van der Waals surface area contributed by atoms with Crippen molar-refractivity contribution < 1.29 is 12.8 Å². The number of aromatic amines is 1. The lowest BCUT2D eigenvalue weighted by molar-refractivity contribution is 0.601. The average Bonchev–Trinajstić information content (AvgIpc) is 2.91. The van der Waals surface area contributed by atoms with Gasteiger partial charge in [0.25, 0.3) is 10.0 Å². The van der Waals surface area contributed by atoms with Crippen LogP contribution in [-0.2, 0) is 10.0 Å². The van der Waals surface area contributed by atoms with Crippen LogP contribution in [0.1, 0.15) is 5.56 Å². The number of hydrogen-bond donors (Lipinski definition) is 2. The van der Waals surface area contributed by atoms with E-state index in [2.05, 4.69) is 14.9 Å². The molecule has 1 aromatic heterocycles. The van der Waals surface area contributed by atoms with Gasteiger partial charge in [-0.1, -0.05) is 6.07 Å². The number of fused-ring (bicyclic) bond motifs is 1. The molecule has 8 heteroatoms. The van der Waals surface area contributed by atoms with Crippen molar-refractivity contribution in [2.24, 2.45) is 0 Å². The highest BCUT2D eigenvalue weighted by Crippen LogP contribution is 2.25. The molecule has 0 saturated heterocycles. The van der Waals surface area contributed by atoms with Crippen molar-refractivity contribution in [3.05, 3.63) is 53.8 Å². The first-order chi connectivity index (χ1) is 10.5. The van der Waals surface area contributed by atoms with Crippen molar-refractivity contribution in [1.82, 2.24) is 10.2 Å². The van der Waals surface area contributed by atoms with Crippen LogP contribution >= 0.6 is 0 Å². The van der Waals surface area contributed by atoms with Crippen molar-refractivity contribution in [2.75, 3.05) is 4.72 Å². The molecular weight excluding hydrogens is 307 g/mol. The summed E-state index contributed by atoms with van der Waals surface area (Å²) >= 11 is 0. The molecule has 6 nitrogen and oxygen atoms in total. The number of benzene rings is 2. The molecule has 0 spiro atoms. The fourth-order valence-electron chi connectivity index (χ4n) is 2.00. The summed E-state index contributed by atoms with van der Waals surface area (Å²) in [6.07, 6.45) is 0. The molecule has 22 heavy (non-hydrogen) atoms. The SMILES string of the molecule is N#Cc1ccc(S(=O)(=O)Nc2n[nH]c3cccc(F)c23)cc1. The summed E-state index contributed by atoms with van der Waals surface area (Å²) in [7, 11) is -3.93. The number of sulfonamides is 1. The zero-order valence-electron chi connectivity index (χ0n) is 11.0. The first kappa shape index (κ1) is 14.0. The van der Waals surface area contributed by atoms with Gasteiger partial charge in [-0.15, -0.1) is 0 Å². The van der Waals surface area contributed by atoms with E-state index in [0.29, 0.717) is 11.1 Å². The Morgan fingerprint density at radius 1 is 1.18 bits per heavy atom. The number of hydrogen-bond acceptors (Lipinski definition) is 4. The van der Waals surface area contributed by atoms with Crippen molar-refractivity contribution in [1.29, 1.82) is 5.26 Å². The van der Waals surface area contributed by atoms with Crippen molar-refractivity contribution in [3.8, 4) is 6.07 Å². The predicted molar refractivity (Wildman–Crippen MR) is 78.0 cm³/mol. The van der Waals surface area contributed by atoms with Crippen molar-refractivity contribution >= 4 is 26.7 Å². The zero-order valence-corrected chi connectivity index (χ0v) is 11.9. The second-order valence-corrected chi connectivity index (χ2v) is 6.16. The third kappa shape index (κ3) is 2.38. The molecule has 0 aliphatic heterocycles. The summed E-state index contributed by atoms with van der Waals surface area (Å²) in [6, 6.07) is 11.6. The van der Waals surface area contributed by atoms with Gasteiger partial charge in [0.05, 0.1) is 27.4 Å². The third-order valence-corrected chi connectivity index (χ3v) is 4.42. The number of nitrogens with zero attached hydrogens (tertiary/aromatic N) is 2. The van der Waals surface area contributed by atoms with Crippen LogP contribution in [0.3, 0.4) is 0 Å². The molecule has 0 saturated carbocycles. The maximum atomic E-state index is 13.8. The molecule has 0 fully saturated rings. The minimum atomic E-state index is -3.93. The maximum Gasteiger partial charge on any atom is 0.263 e. The smallest absolute Gasteiger partial charge is 0.263 e. The third-order valence-electron chi connectivity index (χ3n) is 3.06. The number of anilines is 1. The molecule has 0 aliphatic rings. The lowest BCUT2D eigenvalue weighted by Gasteiger charge is -2.06. The second kappa shape index (κ2) is 5.13. The number of aromatic nitrogens is 2. The molecular formula is C14H9FN4O2S. The van der Waals surface area contributed by atoms with Crippen LogP contribution in [0.5, 0.6) is 0 Å². The van der Waals surface area contributed by atoms with E-state index in [1.165, 1.54) is 36.4 Å². The summed E-state index contributed by atoms with van der Waals surface area (Å²) in [5.41, 5.74) is 0.729. The Labute approximate surface area is 125 Å². The van der Waals surface area contributed by atoms with Gasteiger partial charge in [0.15, 0.2) is 5.82 Å². The van der Waals surface area contributed by atoms with Gasteiger partial charge in [-0.05, 0) is 36.4 Å². The Kier molecular flexibility index (Phi) is 3.27. The number of halogens is 1. The van der Waals surface area contributed by atoms with E-state index in [-0.39, 0.29) is 16.1 Å². The topological polar surface area (TPSA) is 98.6 Å². The van der Waals surface area contributed by atoms with Crippen molar-refractivity contribution in [3.63, 3.8) is 0 Å². The fourth-order valence-corrected chi connectivity index (χ4v) is 3.01. The minimum Gasteiger partial charge on any atom is -0.276 e. The van der Waals surface area contributed by atoms with Crippen LogP contribution in [-0.4, -0.2) is 18.6 Å². The maximum absolute atomic E-state index is 13.8. The molecule has 3 rings (SSSR count). The van der Waals surface area contributed by atoms with E-state index in [4.69, 9.17) is 5.26 Å². The number of nitrogens with one attached hydrogen (secondary N) is 2.